The Kier molecular flexibility index (Phi) is 8.34. The summed E-state index contributed by atoms with van der Waals surface area (Å²) in [6.07, 6.45) is -8.34. The molecule has 0 unspecified atom stereocenters. The summed E-state index contributed by atoms with van der Waals surface area (Å²) in [6.45, 7) is 1.83. The number of carbonyl (C=O) groups is 2. The summed E-state index contributed by atoms with van der Waals surface area (Å²) in [5.41, 5.74) is -3.11. The lowest BCUT2D eigenvalue weighted by Crippen LogP contribution is -2.25. The Bertz CT molecular complexity index is 1290. The molecule has 0 aromatic heterocycles. The third-order valence-electron chi connectivity index (χ3n) is 4.98. The van der Waals surface area contributed by atoms with Crippen LogP contribution >= 0.6 is 0 Å². The maximum Gasteiger partial charge on any atom is 0.416 e. The van der Waals surface area contributed by atoms with Crippen molar-refractivity contribution in [1.82, 2.24) is 0 Å². The number of hydrogen-bond acceptors (Lipinski definition) is 4. The molecule has 2 amide bonds. The number of carbonyl (C=O) groups excluding carboxylic acids is 2. The van der Waals surface area contributed by atoms with E-state index in [-0.39, 0.29) is 35.0 Å². The van der Waals surface area contributed by atoms with Crippen LogP contribution in [0.25, 0.3) is 6.08 Å². The summed E-state index contributed by atoms with van der Waals surface area (Å²) < 4.78 is 83.7. The van der Waals surface area contributed by atoms with Crippen molar-refractivity contribution in [2.45, 2.75) is 19.3 Å². The molecule has 0 heterocycles. The van der Waals surface area contributed by atoms with E-state index in [0.29, 0.717) is 12.1 Å². The van der Waals surface area contributed by atoms with Gasteiger partial charge in [-0.1, -0.05) is 18.2 Å². The Labute approximate surface area is 212 Å². The first-order valence-corrected chi connectivity index (χ1v) is 10.9. The van der Waals surface area contributed by atoms with Gasteiger partial charge in [-0.25, -0.2) is 0 Å². The molecule has 6 nitrogen and oxygen atoms in total. The van der Waals surface area contributed by atoms with Crippen molar-refractivity contribution in [2.24, 2.45) is 0 Å². The predicted octanol–water partition coefficient (Wildman–Crippen LogP) is 6.49. The lowest BCUT2D eigenvalue weighted by Gasteiger charge is -2.13. The van der Waals surface area contributed by atoms with Gasteiger partial charge in [0, 0.05) is 11.4 Å². The van der Waals surface area contributed by atoms with Gasteiger partial charge in [-0.15, -0.1) is 0 Å². The summed E-state index contributed by atoms with van der Waals surface area (Å²) in [7, 11) is 0. The lowest BCUT2D eigenvalue weighted by molar-refractivity contribution is -0.138. The van der Waals surface area contributed by atoms with E-state index in [2.05, 4.69) is 10.6 Å². The summed E-state index contributed by atoms with van der Waals surface area (Å²) >= 11 is 0. The number of amides is 2. The number of hydrogen-bond donors (Lipinski definition) is 3. The highest BCUT2D eigenvalue weighted by atomic mass is 19.4. The zero-order chi connectivity index (χ0) is 28.1. The van der Waals surface area contributed by atoms with Gasteiger partial charge in [0.05, 0.1) is 17.7 Å². The molecule has 38 heavy (non-hydrogen) atoms. The van der Waals surface area contributed by atoms with Crippen LogP contribution in [0.5, 0.6) is 11.5 Å². The lowest BCUT2D eigenvalue weighted by atomic mass is 10.1. The maximum atomic E-state index is 13.1. The summed E-state index contributed by atoms with van der Waals surface area (Å²) in [6, 6.07) is 11.2. The molecule has 3 N–H and O–H groups in total. The van der Waals surface area contributed by atoms with Gasteiger partial charge in [0.15, 0.2) is 11.5 Å². The largest absolute Gasteiger partial charge is 0.504 e. The van der Waals surface area contributed by atoms with Crippen LogP contribution in [0.1, 0.15) is 23.6 Å². The number of alkyl halides is 6. The molecule has 200 valence electrons. The van der Waals surface area contributed by atoms with Crippen LogP contribution in [0.15, 0.2) is 72.3 Å². The van der Waals surface area contributed by atoms with E-state index in [1.807, 2.05) is 0 Å². The number of aromatic hydroxyl groups is 1. The quantitative estimate of drug-likeness (QED) is 0.139. The number of nitrogens with one attached hydrogen (secondary N) is 2. The van der Waals surface area contributed by atoms with E-state index in [1.165, 1.54) is 30.3 Å². The molecule has 3 aromatic carbocycles. The Morgan fingerprint density at radius 2 is 1.32 bits per heavy atom. The Morgan fingerprint density at radius 1 is 0.816 bits per heavy atom. The number of phenolic OH excluding ortho intramolecular Hbond substituents is 1. The monoisotopic (exact) mass is 538 g/mol. The Balaban J connectivity index is 1.99. The van der Waals surface area contributed by atoms with E-state index in [9.17, 15) is 41.0 Å². The van der Waals surface area contributed by atoms with Crippen molar-refractivity contribution < 1.29 is 45.8 Å². The zero-order valence-corrected chi connectivity index (χ0v) is 19.6. The SMILES string of the molecule is CCOc1cc(C=C(C(=O)Nc2cccc(C(F)(F)F)c2)C(=O)Nc2cccc(C(F)(F)F)c2)ccc1O. The number of anilines is 2. The van der Waals surface area contributed by atoms with Crippen LogP contribution in [0, 0.1) is 0 Å². The molecule has 0 spiro atoms. The second-order valence-corrected chi connectivity index (χ2v) is 7.78. The van der Waals surface area contributed by atoms with Crippen LogP contribution in [0.2, 0.25) is 0 Å². The smallest absolute Gasteiger partial charge is 0.416 e. The van der Waals surface area contributed by atoms with E-state index < -0.39 is 40.9 Å². The van der Waals surface area contributed by atoms with Gasteiger partial charge in [0.1, 0.15) is 5.57 Å². The van der Waals surface area contributed by atoms with Crippen molar-refractivity contribution in [3.8, 4) is 11.5 Å². The summed E-state index contributed by atoms with van der Waals surface area (Å²) in [4.78, 5) is 26.1. The summed E-state index contributed by atoms with van der Waals surface area (Å²) in [5, 5.41) is 14.3. The Hall–Kier alpha value is -4.48. The van der Waals surface area contributed by atoms with Crippen molar-refractivity contribution >= 4 is 29.3 Å². The van der Waals surface area contributed by atoms with Crippen LogP contribution < -0.4 is 15.4 Å². The van der Waals surface area contributed by atoms with E-state index in [1.54, 1.807) is 6.92 Å². The highest BCUT2D eigenvalue weighted by molar-refractivity contribution is 6.28. The Morgan fingerprint density at radius 3 is 1.76 bits per heavy atom. The number of phenols is 1. The zero-order valence-electron chi connectivity index (χ0n) is 19.6. The topological polar surface area (TPSA) is 87.7 Å². The highest BCUT2D eigenvalue weighted by Crippen LogP contribution is 2.32. The molecule has 12 heteroatoms. The second kappa shape index (κ2) is 11.3. The molecule has 0 aliphatic carbocycles. The van der Waals surface area contributed by atoms with Crippen LogP contribution in [0.3, 0.4) is 0 Å². The standard InChI is InChI=1S/C26H20F6N2O4/c1-2-38-22-12-15(9-10-21(22)35)11-20(23(36)33-18-7-3-5-16(13-18)25(27,28)29)24(37)34-19-8-4-6-17(14-19)26(30,31)32/h3-14,35H,2H2,1H3,(H,33,36)(H,34,37). The molecule has 0 aliphatic heterocycles. The number of rotatable bonds is 7. The third-order valence-corrected chi connectivity index (χ3v) is 4.98. The average molecular weight is 538 g/mol. The van der Waals surface area contributed by atoms with Crippen LogP contribution in [-0.4, -0.2) is 23.5 Å². The van der Waals surface area contributed by atoms with Crippen molar-refractivity contribution in [1.29, 1.82) is 0 Å². The molecule has 0 radical (unpaired) electrons. The number of benzene rings is 3. The predicted molar refractivity (Wildman–Crippen MR) is 127 cm³/mol. The molecule has 0 saturated carbocycles. The second-order valence-electron chi connectivity index (χ2n) is 7.78. The fraction of sp³-hybridized carbons (Fsp3) is 0.154. The van der Waals surface area contributed by atoms with Gasteiger partial charge in [0.25, 0.3) is 11.8 Å². The third kappa shape index (κ3) is 7.28. The first-order chi connectivity index (χ1) is 17.8. The molecule has 0 atom stereocenters. The van der Waals surface area contributed by atoms with Gasteiger partial charge in [-0.2, -0.15) is 26.3 Å². The maximum absolute atomic E-state index is 13.1. The number of halogens is 6. The molecule has 3 rings (SSSR count). The van der Waals surface area contributed by atoms with Crippen LogP contribution in [-0.2, 0) is 21.9 Å². The van der Waals surface area contributed by atoms with Gasteiger partial charge in [-0.3, -0.25) is 9.59 Å². The van der Waals surface area contributed by atoms with E-state index in [4.69, 9.17) is 4.74 Å². The van der Waals surface area contributed by atoms with Crippen molar-refractivity contribution in [3.05, 3.63) is 89.0 Å². The molecule has 0 fully saturated rings. The molecule has 0 aliphatic rings. The molecule has 0 saturated heterocycles. The first kappa shape index (κ1) is 28.1. The van der Waals surface area contributed by atoms with E-state index in [0.717, 1.165) is 30.3 Å². The van der Waals surface area contributed by atoms with Crippen molar-refractivity contribution in [2.75, 3.05) is 17.2 Å². The highest BCUT2D eigenvalue weighted by Gasteiger charge is 2.32. The molecule has 3 aromatic rings. The first-order valence-electron chi connectivity index (χ1n) is 10.9. The van der Waals surface area contributed by atoms with Gasteiger partial charge < -0.3 is 20.5 Å². The molecule has 0 bridgehead atoms. The van der Waals surface area contributed by atoms with Gasteiger partial charge in [0.2, 0.25) is 0 Å². The van der Waals surface area contributed by atoms with Crippen molar-refractivity contribution in [3.63, 3.8) is 0 Å². The fourth-order valence-corrected chi connectivity index (χ4v) is 3.24. The van der Waals surface area contributed by atoms with Crippen LogP contribution in [0.4, 0.5) is 37.7 Å². The minimum atomic E-state index is -4.69. The molecular weight excluding hydrogens is 518 g/mol. The average Bonchev–Trinajstić information content (AvgIpc) is 2.83. The molecular formula is C26H20F6N2O4. The van der Waals surface area contributed by atoms with Gasteiger partial charge in [-0.05, 0) is 67.1 Å². The number of ether oxygens (including phenoxy) is 1. The summed E-state index contributed by atoms with van der Waals surface area (Å²) in [5.74, 6) is -2.48. The normalized spacial score (nSPS) is 11.4. The van der Waals surface area contributed by atoms with E-state index >= 15 is 0 Å². The minimum Gasteiger partial charge on any atom is -0.504 e. The fourth-order valence-electron chi connectivity index (χ4n) is 3.24. The van der Waals surface area contributed by atoms with Gasteiger partial charge >= 0.3 is 12.4 Å². The minimum absolute atomic E-state index is 0.0252.